The Morgan fingerprint density at radius 1 is 1.24 bits per heavy atom. The van der Waals surface area contributed by atoms with Crippen LogP contribution in [0.25, 0.3) is 0 Å². The van der Waals surface area contributed by atoms with Crippen molar-refractivity contribution in [2.24, 2.45) is 11.8 Å². The monoisotopic (exact) mass is 405 g/mol. The maximum atomic E-state index is 13.1. The number of imide groups is 1. The maximum Gasteiger partial charge on any atom is 0.250 e. The number of benzene rings is 1. The molecule has 0 bridgehead atoms. The van der Waals surface area contributed by atoms with Crippen LogP contribution in [0.5, 0.6) is 0 Å². The molecular formula is C18H20BrN3O3. The van der Waals surface area contributed by atoms with Crippen LogP contribution in [0.1, 0.15) is 32.3 Å². The Hall–Kier alpha value is -1.73. The lowest BCUT2D eigenvalue weighted by atomic mass is 9.76. The zero-order valence-electron chi connectivity index (χ0n) is 14.1. The van der Waals surface area contributed by atoms with Gasteiger partial charge in [0.05, 0.1) is 11.8 Å². The SMILES string of the molecule is CCCCN1C(=O)[C@@H]2[C@@H](C1=O)[C@@]1(N[C@@H]2C)C(=O)Nc2ccc(Br)cc21. The third-order valence-corrected chi connectivity index (χ3v) is 6.14. The standard InChI is InChI=1S/C18H20BrN3O3/c1-3-4-7-22-15(23)13-9(2)21-18(14(13)16(22)24)11-8-10(19)5-6-12(11)20-17(18)25/h5-6,8-9,13-14,21H,3-4,7H2,1-2H3,(H,20,25)/t9-,13+,14+,18-/m1/s1. The van der Waals surface area contributed by atoms with Crippen LogP contribution in [0.4, 0.5) is 5.69 Å². The molecule has 3 aliphatic heterocycles. The van der Waals surface area contributed by atoms with Crippen molar-refractivity contribution in [3.05, 3.63) is 28.2 Å². The summed E-state index contributed by atoms with van der Waals surface area (Å²) >= 11 is 3.45. The Kier molecular flexibility index (Phi) is 3.77. The molecule has 6 nitrogen and oxygen atoms in total. The van der Waals surface area contributed by atoms with E-state index in [1.807, 2.05) is 32.0 Å². The summed E-state index contributed by atoms with van der Waals surface area (Å²) in [5.41, 5.74) is 0.266. The zero-order valence-corrected chi connectivity index (χ0v) is 15.7. The first-order chi connectivity index (χ1) is 11.9. The van der Waals surface area contributed by atoms with Gasteiger partial charge < -0.3 is 5.32 Å². The second kappa shape index (κ2) is 5.64. The Balaban J connectivity index is 1.83. The van der Waals surface area contributed by atoms with E-state index < -0.39 is 17.4 Å². The molecule has 0 unspecified atom stereocenters. The summed E-state index contributed by atoms with van der Waals surface area (Å²) in [6.07, 6.45) is 1.68. The molecule has 3 aliphatic rings. The van der Waals surface area contributed by atoms with E-state index >= 15 is 0 Å². The highest BCUT2D eigenvalue weighted by Crippen LogP contribution is 2.53. The fourth-order valence-electron chi connectivity index (χ4n) is 4.53. The van der Waals surface area contributed by atoms with Crippen molar-refractivity contribution < 1.29 is 14.4 Å². The number of nitrogens with zero attached hydrogens (tertiary/aromatic N) is 1. The molecular weight excluding hydrogens is 386 g/mol. The van der Waals surface area contributed by atoms with Gasteiger partial charge in [0.2, 0.25) is 17.7 Å². The second-order valence-electron chi connectivity index (χ2n) is 7.07. The van der Waals surface area contributed by atoms with Crippen LogP contribution >= 0.6 is 15.9 Å². The first kappa shape index (κ1) is 16.7. The summed E-state index contributed by atoms with van der Waals surface area (Å²) < 4.78 is 0.833. The van der Waals surface area contributed by atoms with Crippen LogP contribution in [0.2, 0.25) is 0 Å². The van der Waals surface area contributed by atoms with E-state index in [1.54, 1.807) is 0 Å². The molecule has 0 radical (unpaired) electrons. The van der Waals surface area contributed by atoms with E-state index in [0.29, 0.717) is 12.2 Å². The van der Waals surface area contributed by atoms with E-state index in [9.17, 15) is 14.4 Å². The zero-order chi connectivity index (χ0) is 17.9. The molecule has 1 aromatic carbocycles. The highest BCUT2D eigenvalue weighted by atomic mass is 79.9. The first-order valence-electron chi connectivity index (χ1n) is 8.66. The molecule has 2 N–H and O–H groups in total. The number of hydrogen-bond donors (Lipinski definition) is 2. The molecule has 0 aliphatic carbocycles. The summed E-state index contributed by atoms with van der Waals surface area (Å²) in [5, 5.41) is 6.18. The number of fused-ring (bicyclic) bond motifs is 4. The Bertz CT molecular complexity index is 796. The number of unbranched alkanes of at least 4 members (excludes halogenated alkanes) is 1. The van der Waals surface area contributed by atoms with Gasteiger partial charge >= 0.3 is 0 Å². The van der Waals surface area contributed by atoms with E-state index in [1.165, 1.54) is 4.90 Å². The number of rotatable bonds is 3. The van der Waals surface area contributed by atoms with Gasteiger partial charge in [-0.25, -0.2) is 0 Å². The van der Waals surface area contributed by atoms with Gasteiger partial charge in [0.25, 0.3) is 0 Å². The van der Waals surface area contributed by atoms with Crippen molar-refractivity contribution in [1.82, 2.24) is 10.2 Å². The molecule has 3 heterocycles. The van der Waals surface area contributed by atoms with Crippen LogP contribution in [-0.2, 0) is 19.9 Å². The molecule has 132 valence electrons. The van der Waals surface area contributed by atoms with Gasteiger partial charge in [-0.2, -0.15) is 0 Å². The average molecular weight is 406 g/mol. The van der Waals surface area contributed by atoms with Gasteiger partial charge in [-0.1, -0.05) is 29.3 Å². The van der Waals surface area contributed by atoms with Crippen LogP contribution in [0.15, 0.2) is 22.7 Å². The number of anilines is 1. The van der Waals surface area contributed by atoms with E-state index in [-0.39, 0.29) is 23.8 Å². The van der Waals surface area contributed by atoms with Crippen molar-refractivity contribution in [2.75, 3.05) is 11.9 Å². The Morgan fingerprint density at radius 2 is 2.00 bits per heavy atom. The van der Waals surface area contributed by atoms with Crippen molar-refractivity contribution in [3.63, 3.8) is 0 Å². The highest BCUT2D eigenvalue weighted by molar-refractivity contribution is 9.10. The topological polar surface area (TPSA) is 78.5 Å². The van der Waals surface area contributed by atoms with Crippen molar-refractivity contribution in [3.8, 4) is 0 Å². The van der Waals surface area contributed by atoms with E-state index in [2.05, 4.69) is 26.6 Å². The fourth-order valence-corrected chi connectivity index (χ4v) is 4.89. The van der Waals surface area contributed by atoms with Crippen LogP contribution in [-0.4, -0.2) is 35.2 Å². The third-order valence-electron chi connectivity index (χ3n) is 5.65. The maximum absolute atomic E-state index is 13.1. The largest absolute Gasteiger partial charge is 0.324 e. The van der Waals surface area contributed by atoms with Gasteiger partial charge in [0.1, 0.15) is 5.54 Å². The Morgan fingerprint density at radius 3 is 2.72 bits per heavy atom. The summed E-state index contributed by atoms with van der Waals surface area (Å²) in [6.45, 7) is 4.33. The molecule has 3 amide bonds. The molecule has 1 spiro atoms. The van der Waals surface area contributed by atoms with Crippen molar-refractivity contribution >= 4 is 39.3 Å². The van der Waals surface area contributed by atoms with Gasteiger partial charge in [-0.05, 0) is 31.5 Å². The first-order valence-corrected chi connectivity index (χ1v) is 9.45. The van der Waals surface area contributed by atoms with Crippen molar-refractivity contribution in [2.45, 2.75) is 38.3 Å². The third kappa shape index (κ3) is 2.08. The molecule has 2 fully saturated rings. The molecule has 4 atom stereocenters. The predicted octanol–water partition coefficient (Wildman–Crippen LogP) is 1.99. The number of hydrogen-bond acceptors (Lipinski definition) is 4. The average Bonchev–Trinajstić information content (AvgIpc) is 3.12. The number of amides is 3. The molecule has 0 saturated carbocycles. The highest BCUT2D eigenvalue weighted by Gasteiger charge is 2.69. The lowest BCUT2D eigenvalue weighted by Gasteiger charge is -2.29. The van der Waals surface area contributed by atoms with E-state index in [4.69, 9.17) is 0 Å². The van der Waals surface area contributed by atoms with Crippen LogP contribution in [0.3, 0.4) is 0 Å². The summed E-state index contributed by atoms with van der Waals surface area (Å²) in [7, 11) is 0. The number of likely N-dealkylation sites (tertiary alicyclic amines) is 1. The van der Waals surface area contributed by atoms with Gasteiger partial charge in [0.15, 0.2) is 0 Å². The molecule has 2 saturated heterocycles. The number of carbonyl (C=O) groups excluding carboxylic acids is 3. The molecule has 1 aromatic rings. The van der Waals surface area contributed by atoms with Gasteiger partial charge in [-0.3, -0.25) is 24.6 Å². The van der Waals surface area contributed by atoms with E-state index in [0.717, 1.165) is 22.9 Å². The predicted molar refractivity (Wildman–Crippen MR) is 95.7 cm³/mol. The smallest absolute Gasteiger partial charge is 0.250 e. The van der Waals surface area contributed by atoms with Crippen LogP contribution < -0.4 is 10.6 Å². The summed E-state index contributed by atoms with van der Waals surface area (Å²) in [5.74, 6) is -1.83. The lowest BCUT2D eigenvalue weighted by Crippen LogP contribution is -2.53. The number of nitrogens with one attached hydrogen (secondary N) is 2. The molecule has 25 heavy (non-hydrogen) atoms. The van der Waals surface area contributed by atoms with Gasteiger partial charge in [-0.15, -0.1) is 0 Å². The molecule has 7 heteroatoms. The summed E-state index contributed by atoms with van der Waals surface area (Å²) in [4.78, 5) is 40.3. The van der Waals surface area contributed by atoms with Gasteiger partial charge in [0, 0.05) is 28.3 Å². The Labute approximate surface area is 154 Å². The quantitative estimate of drug-likeness (QED) is 0.753. The van der Waals surface area contributed by atoms with Crippen molar-refractivity contribution in [1.29, 1.82) is 0 Å². The second-order valence-corrected chi connectivity index (χ2v) is 7.99. The summed E-state index contributed by atoms with van der Waals surface area (Å²) in [6, 6.07) is 5.29. The van der Waals surface area contributed by atoms with Crippen LogP contribution in [0, 0.1) is 11.8 Å². The molecule has 4 rings (SSSR count). The minimum Gasteiger partial charge on any atom is -0.324 e. The lowest BCUT2D eigenvalue weighted by molar-refractivity contribution is -0.142. The minimum atomic E-state index is -1.17. The number of carbonyl (C=O) groups is 3. The fraction of sp³-hybridized carbons (Fsp3) is 0.500. The number of halogens is 1. The molecule has 0 aromatic heterocycles. The minimum absolute atomic E-state index is 0.156. The normalized spacial score (nSPS) is 33.2.